The van der Waals surface area contributed by atoms with Crippen molar-refractivity contribution in [2.24, 2.45) is 0 Å². The summed E-state index contributed by atoms with van der Waals surface area (Å²) in [5.74, 6) is 0.444. The Morgan fingerprint density at radius 3 is 2.93 bits per heavy atom. The van der Waals surface area contributed by atoms with Crippen LogP contribution in [0, 0.1) is 0 Å². The minimum absolute atomic E-state index is 0. The van der Waals surface area contributed by atoms with E-state index >= 15 is 0 Å². The predicted octanol–water partition coefficient (Wildman–Crippen LogP) is 2.31. The Labute approximate surface area is 162 Å². The Morgan fingerprint density at radius 1 is 1.41 bits per heavy atom. The molecule has 1 amide bonds. The molecule has 0 bridgehead atoms. The van der Waals surface area contributed by atoms with E-state index in [4.69, 9.17) is 9.15 Å². The van der Waals surface area contributed by atoms with E-state index in [1.165, 1.54) is 0 Å². The van der Waals surface area contributed by atoms with E-state index in [0.29, 0.717) is 42.1 Å². The average Bonchev–Trinajstić information content (AvgIpc) is 3.32. The van der Waals surface area contributed by atoms with Crippen molar-refractivity contribution in [1.82, 2.24) is 20.1 Å². The number of benzene rings is 1. The van der Waals surface area contributed by atoms with Gasteiger partial charge in [0.25, 0.3) is 5.91 Å². The second-order valence-corrected chi connectivity index (χ2v) is 6.41. The average molecular weight is 392 g/mol. The molecule has 0 radical (unpaired) electrons. The van der Waals surface area contributed by atoms with Gasteiger partial charge in [-0.15, -0.1) is 12.4 Å². The SMILES string of the molecule is COCc1nc2cc(NC(=O)C3(n4cccn4)CCNCC3)ccc2o1.Cl. The van der Waals surface area contributed by atoms with Crippen LogP contribution in [-0.4, -0.2) is 40.9 Å². The highest BCUT2D eigenvalue weighted by molar-refractivity contribution is 5.98. The van der Waals surface area contributed by atoms with Crippen LogP contribution in [0.2, 0.25) is 0 Å². The fourth-order valence-electron chi connectivity index (χ4n) is 3.41. The molecule has 144 valence electrons. The van der Waals surface area contributed by atoms with Crippen LogP contribution in [0.25, 0.3) is 11.1 Å². The Kier molecular flexibility index (Phi) is 5.79. The molecule has 3 heterocycles. The number of hydrogen-bond acceptors (Lipinski definition) is 6. The minimum Gasteiger partial charge on any atom is -0.438 e. The van der Waals surface area contributed by atoms with E-state index in [0.717, 1.165) is 13.1 Å². The molecular formula is C18H22ClN5O3. The van der Waals surface area contributed by atoms with Gasteiger partial charge in [-0.2, -0.15) is 5.10 Å². The normalized spacial score (nSPS) is 16.0. The lowest BCUT2D eigenvalue weighted by molar-refractivity contribution is -0.126. The molecule has 1 aliphatic rings. The van der Waals surface area contributed by atoms with Crippen LogP contribution >= 0.6 is 12.4 Å². The maximum atomic E-state index is 13.2. The van der Waals surface area contributed by atoms with Gasteiger partial charge in [-0.1, -0.05) is 0 Å². The number of oxazole rings is 1. The quantitative estimate of drug-likeness (QED) is 0.693. The van der Waals surface area contributed by atoms with Crippen molar-refractivity contribution in [3.05, 3.63) is 42.5 Å². The van der Waals surface area contributed by atoms with Gasteiger partial charge >= 0.3 is 0 Å². The maximum absolute atomic E-state index is 13.2. The van der Waals surface area contributed by atoms with Crippen molar-refractivity contribution in [3.63, 3.8) is 0 Å². The van der Waals surface area contributed by atoms with E-state index in [-0.39, 0.29) is 18.3 Å². The molecule has 27 heavy (non-hydrogen) atoms. The first kappa shape index (κ1) is 19.3. The number of anilines is 1. The summed E-state index contributed by atoms with van der Waals surface area (Å²) in [5.41, 5.74) is 1.35. The smallest absolute Gasteiger partial charge is 0.252 e. The number of rotatable bonds is 5. The number of ether oxygens (including phenoxy) is 1. The molecule has 0 saturated carbocycles. The summed E-state index contributed by atoms with van der Waals surface area (Å²) < 4.78 is 12.4. The summed E-state index contributed by atoms with van der Waals surface area (Å²) in [6.07, 6.45) is 4.92. The van der Waals surface area contributed by atoms with Gasteiger partial charge in [0.05, 0.1) is 0 Å². The standard InChI is InChI=1S/C18H21N5O3.ClH/c1-25-12-16-22-14-11-13(3-4-15(14)26-16)21-17(24)18(5-8-19-9-6-18)23-10-2-7-20-23;/h2-4,7,10-11,19H,5-6,8-9,12H2,1H3,(H,21,24);1H. The van der Waals surface area contributed by atoms with Crippen LogP contribution in [0.3, 0.4) is 0 Å². The van der Waals surface area contributed by atoms with E-state index < -0.39 is 5.54 Å². The van der Waals surface area contributed by atoms with Gasteiger partial charge in [-0.3, -0.25) is 9.48 Å². The van der Waals surface area contributed by atoms with Crippen molar-refractivity contribution >= 4 is 35.1 Å². The molecule has 9 heteroatoms. The van der Waals surface area contributed by atoms with Crippen LogP contribution in [0.5, 0.6) is 0 Å². The van der Waals surface area contributed by atoms with Crippen molar-refractivity contribution < 1.29 is 13.9 Å². The van der Waals surface area contributed by atoms with Crippen LogP contribution < -0.4 is 10.6 Å². The monoisotopic (exact) mass is 391 g/mol. The number of methoxy groups -OCH3 is 1. The first-order valence-corrected chi connectivity index (χ1v) is 8.62. The highest BCUT2D eigenvalue weighted by Gasteiger charge is 2.42. The van der Waals surface area contributed by atoms with Gasteiger partial charge < -0.3 is 19.8 Å². The lowest BCUT2D eigenvalue weighted by atomic mass is 9.87. The number of carbonyl (C=O) groups is 1. The molecule has 0 aliphatic carbocycles. The fourth-order valence-corrected chi connectivity index (χ4v) is 3.41. The van der Waals surface area contributed by atoms with Crippen LogP contribution in [0.1, 0.15) is 18.7 Å². The van der Waals surface area contributed by atoms with Crippen molar-refractivity contribution in [2.45, 2.75) is 25.0 Å². The Balaban J connectivity index is 0.00000210. The van der Waals surface area contributed by atoms with E-state index in [1.54, 1.807) is 24.1 Å². The van der Waals surface area contributed by atoms with Crippen molar-refractivity contribution in [2.75, 3.05) is 25.5 Å². The Hall–Kier alpha value is -2.42. The molecule has 1 aliphatic heterocycles. The van der Waals surface area contributed by atoms with Gasteiger partial charge in [-0.05, 0) is 50.2 Å². The summed E-state index contributed by atoms with van der Waals surface area (Å²) in [7, 11) is 1.59. The van der Waals surface area contributed by atoms with Crippen LogP contribution in [-0.2, 0) is 21.7 Å². The number of halogens is 1. The molecule has 0 unspecified atom stereocenters. The summed E-state index contributed by atoms with van der Waals surface area (Å²) in [6, 6.07) is 7.28. The second-order valence-electron chi connectivity index (χ2n) is 6.41. The number of hydrogen-bond donors (Lipinski definition) is 2. The molecule has 1 aromatic carbocycles. The van der Waals surface area contributed by atoms with Crippen LogP contribution in [0.15, 0.2) is 41.1 Å². The third-order valence-electron chi connectivity index (χ3n) is 4.75. The first-order chi connectivity index (χ1) is 12.7. The van der Waals surface area contributed by atoms with E-state index in [1.807, 2.05) is 24.4 Å². The minimum atomic E-state index is -0.686. The molecule has 0 spiro atoms. The van der Waals surface area contributed by atoms with Gasteiger partial charge in [0, 0.05) is 25.2 Å². The topological polar surface area (TPSA) is 94.2 Å². The first-order valence-electron chi connectivity index (χ1n) is 8.62. The van der Waals surface area contributed by atoms with Gasteiger partial charge in [0.2, 0.25) is 5.89 Å². The molecule has 3 aromatic rings. The third kappa shape index (κ3) is 3.69. The molecule has 1 fully saturated rings. The second kappa shape index (κ2) is 8.08. The number of amides is 1. The molecular weight excluding hydrogens is 370 g/mol. The lowest BCUT2D eigenvalue weighted by Gasteiger charge is -2.36. The zero-order valence-electron chi connectivity index (χ0n) is 15.0. The van der Waals surface area contributed by atoms with Crippen LogP contribution in [0.4, 0.5) is 5.69 Å². The van der Waals surface area contributed by atoms with Crippen molar-refractivity contribution in [3.8, 4) is 0 Å². The Bertz CT molecular complexity index is 903. The molecule has 0 atom stereocenters. The highest BCUT2D eigenvalue weighted by atomic mass is 35.5. The number of aromatic nitrogens is 3. The summed E-state index contributed by atoms with van der Waals surface area (Å²) >= 11 is 0. The summed E-state index contributed by atoms with van der Waals surface area (Å²) in [4.78, 5) is 17.5. The zero-order valence-corrected chi connectivity index (χ0v) is 15.8. The highest BCUT2D eigenvalue weighted by Crippen LogP contribution is 2.29. The molecule has 2 aromatic heterocycles. The van der Waals surface area contributed by atoms with Crippen molar-refractivity contribution in [1.29, 1.82) is 0 Å². The number of carbonyl (C=O) groups excluding carboxylic acids is 1. The largest absolute Gasteiger partial charge is 0.438 e. The summed E-state index contributed by atoms with van der Waals surface area (Å²) in [5, 5.41) is 10.7. The van der Waals surface area contributed by atoms with Gasteiger partial charge in [-0.25, -0.2) is 4.98 Å². The molecule has 8 nitrogen and oxygen atoms in total. The number of nitrogens with one attached hydrogen (secondary N) is 2. The predicted molar refractivity (Wildman–Crippen MR) is 103 cm³/mol. The summed E-state index contributed by atoms with van der Waals surface area (Å²) in [6.45, 7) is 1.86. The van der Waals surface area contributed by atoms with Gasteiger partial charge in [0.1, 0.15) is 17.7 Å². The number of piperidine rings is 1. The fraction of sp³-hybridized carbons (Fsp3) is 0.389. The number of nitrogens with zero attached hydrogens (tertiary/aromatic N) is 3. The third-order valence-corrected chi connectivity index (χ3v) is 4.75. The van der Waals surface area contributed by atoms with E-state index in [9.17, 15) is 4.79 Å². The zero-order chi connectivity index (χ0) is 18.0. The number of fused-ring (bicyclic) bond motifs is 1. The molecule has 4 rings (SSSR count). The van der Waals surface area contributed by atoms with E-state index in [2.05, 4.69) is 20.7 Å². The Morgan fingerprint density at radius 2 is 2.22 bits per heavy atom. The van der Waals surface area contributed by atoms with Gasteiger partial charge in [0.15, 0.2) is 5.58 Å². The lowest BCUT2D eigenvalue weighted by Crippen LogP contribution is -2.52. The maximum Gasteiger partial charge on any atom is 0.252 e. The molecule has 2 N–H and O–H groups in total. The molecule has 1 saturated heterocycles.